The Hall–Kier alpha value is -1.69. The number of rotatable bonds is 3. The number of hydrogen-bond donors (Lipinski definition) is 1. The predicted octanol–water partition coefficient (Wildman–Crippen LogP) is 1.36. The lowest BCUT2D eigenvalue weighted by Crippen LogP contribution is -2.33. The zero-order valence-electron chi connectivity index (χ0n) is 10.6. The van der Waals surface area contributed by atoms with E-state index in [1.54, 1.807) is 4.68 Å². The van der Waals surface area contributed by atoms with Crippen LogP contribution < -0.4 is 5.73 Å². The minimum Gasteiger partial charge on any atom is -0.334 e. The molecule has 0 aliphatic carbocycles. The number of nitrogens with two attached hydrogens (primary N) is 1. The van der Waals surface area contributed by atoms with Crippen LogP contribution in [0.5, 0.6) is 0 Å². The van der Waals surface area contributed by atoms with Gasteiger partial charge in [-0.05, 0) is 20.3 Å². The van der Waals surface area contributed by atoms with E-state index in [4.69, 9.17) is 10.3 Å². The van der Waals surface area contributed by atoms with E-state index < -0.39 is 5.54 Å². The Morgan fingerprint density at radius 1 is 1.53 bits per heavy atom. The van der Waals surface area contributed by atoms with Gasteiger partial charge in [0.2, 0.25) is 0 Å². The molecule has 6 heteroatoms. The van der Waals surface area contributed by atoms with Crippen molar-refractivity contribution in [2.45, 2.75) is 32.7 Å². The Morgan fingerprint density at radius 2 is 2.24 bits per heavy atom. The third-order valence-electron chi connectivity index (χ3n) is 2.92. The van der Waals surface area contributed by atoms with E-state index in [1.165, 1.54) is 0 Å². The van der Waals surface area contributed by atoms with Gasteiger partial charge in [0.15, 0.2) is 5.82 Å². The first-order chi connectivity index (χ1) is 7.94. The predicted molar refractivity (Wildman–Crippen MR) is 63.1 cm³/mol. The van der Waals surface area contributed by atoms with Crippen molar-refractivity contribution in [3.8, 4) is 11.5 Å². The minimum absolute atomic E-state index is 0.468. The van der Waals surface area contributed by atoms with Crippen LogP contribution in [-0.4, -0.2) is 19.9 Å². The second-order valence-corrected chi connectivity index (χ2v) is 4.50. The van der Waals surface area contributed by atoms with Gasteiger partial charge in [0, 0.05) is 13.2 Å². The lowest BCUT2D eigenvalue weighted by Gasteiger charge is -2.16. The van der Waals surface area contributed by atoms with Crippen molar-refractivity contribution in [1.29, 1.82) is 0 Å². The smallest absolute Gasteiger partial charge is 0.261 e. The van der Waals surface area contributed by atoms with Crippen molar-refractivity contribution in [1.82, 2.24) is 19.9 Å². The molecule has 1 atom stereocenters. The first-order valence-corrected chi connectivity index (χ1v) is 5.57. The number of nitrogens with zero attached hydrogens (tertiary/aromatic N) is 4. The van der Waals surface area contributed by atoms with E-state index in [1.807, 2.05) is 34.0 Å². The third kappa shape index (κ3) is 2.08. The summed E-state index contributed by atoms with van der Waals surface area (Å²) in [7, 11) is 1.85. The number of aryl methyl sites for hydroxylation is 2. The Balaban J connectivity index is 2.40. The van der Waals surface area contributed by atoms with E-state index >= 15 is 0 Å². The van der Waals surface area contributed by atoms with Gasteiger partial charge in [-0.1, -0.05) is 12.1 Å². The molecule has 0 aliphatic heterocycles. The van der Waals surface area contributed by atoms with E-state index in [2.05, 4.69) is 15.2 Å². The molecule has 2 rings (SSSR count). The van der Waals surface area contributed by atoms with Gasteiger partial charge in [0.1, 0.15) is 0 Å². The molecule has 17 heavy (non-hydrogen) atoms. The standard InChI is InChI=1S/C11H17N5O/c1-5-11(3,12)10-13-9(17-15-10)8-6-16(4)14-7(8)2/h6H,5,12H2,1-4H3. The average molecular weight is 235 g/mol. The van der Waals surface area contributed by atoms with Crippen LogP contribution in [-0.2, 0) is 12.6 Å². The second-order valence-electron chi connectivity index (χ2n) is 4.50. The van der Waals surface area contributed by atoms with Crippen LogP contribution in [0.2, 0.25) is 0 Å². The first-order valence-electron chi connectivity index (χ1n) is 5.57. The van der Waals surface area contributed by atoms with Crippen LogP contribution in [0.25, 0.3) is 11.5 Å². The quantitative estimate of drug-likeness (QED) is 0.868. The Kier molecular flexibility index (Phi) is 2.74. The first kappa shape index (κ1) is 11.8. The van der Waals surface area contributed by atoms with Crippen molar-refractivity contribution in [3.63, 3.8) is 0 Å². The molecule has 0 aliphatic rings. The molecule has 1 unspecified atom stereocenters. The molecule has 0 bridgehead atoms. The fourth-order valence-corrected chi connectivity index (χ4v) is 1.53. The summed E-state index contributed by atoms with van der Waals surface area (Å²) in [5.41, 5.74) is 7.21. The van der Waals surface area contributed by atoms with Gasteiger partial charge in [0.05, 0.1) is 16.8 Å². The van der Waals surface area contributed by atoms with Gasteiger partial charge in [-0.15, -0.1) is 0 Å². The summed E-state index contributed by atoms with van der Waals surface area (Å²) in [6.07, 6.45) is 2.60. The summed E-state index contributed by atoms with van der Waals surface area (Å²) in [5, 5.41) is 8.17. The lowest BCUT2D eigenvalue weighted by atomic mass is 10.0. The van der Waals surface area contributed by atoms with Gasteiger partial charge in [-0.3, -0.25) is 4.68 Å². The van der Waals surface area contributed by atoms with Crippen molar-refractivity contribution in [2.75, 3.05) is 0 Å². The molecule has 2 N–H and O–H groups in total. The second kappa shape index (κ2) is 3.96. The molecule has 0 radical (unpaired) electrons. The lowest BCUT2D eigenvalue weighted by molar-refractivity contribution is 0.379. The molecular weight excluding hydrogens is 218 g/mol. The fraction of sp³-hybridized carbons (Fsp3) is 0.545. The van der Waals surface area contributed by atoms with Gasteiger partial charge < -0.3 is 10.3 Å². The molecule has 2 aromatic heterocycles. The summed E-state index contributed by atoms with van der Waals surface area (Å²) in [5.74, 6) is 0.994. The summed E-state index contributed by atoms with van der Waals surface area (Å²) < 4.78 is 6.96. The molecule has 92 valence electrons. The fourth-order valence-electron chi connectivity index (χ4n) is 1.53. The Labute approximate surface area is 99.8 Å². The summed E-state index contributed by atoms with van der Waals surface area (Å²) in [4.78, 5) is 4.34. The van der Waals surface area contributed by atoms with Crippen LogP contribution in [0.3, 0.4) is 0 Å². The van der Waals surface area contributed by atoms with Gasteiger partial charge in [-0.25, -0.2) is 0 Å². The third-order valence-corrected chi connectivity index (χ3v) is 2.92. The minimum atomic E-state index is -0.558. The zero-order chi connectivity index (χ0) is 12.6. The maximum atomic E-state index is 6.07. The molecule has 2 heterocycles. The molecule has 0 amide bonds. The van der Waals surface area contributed by atoms with Crippen molar-refractivity contribution in [2.24, 2.45) is 12.8 Å². The van der Waals surface area contributed by atoms with E-state index in [0.29, 0.717) is 11.7 Å². The number of aromatic nitrogens is 4. The van der Waals surface area contributed by atoms with Gasteiger partial charge >= 0.3 is 0 Å². The molecule has 0 saturated heterocycles. The molecule has 0 saturated carbocycles. The maximum Gasteiger partial charge on any atom is 0.261 e. The van der Waals surface area contributed by atoms with Crippen LogP contribution in [0, 0.1) is 6.92 Å². The van der Waals surface area contributed by atoms with E-state index in [9.17, 15) is 0 Å². The van der Waals surface area contributed by atoms with E-state index in [0.717, 1.165) is 17.7 Å². The largest absolute Gasteiger partial charge is 0.334 e. The average Bonchev–Trinajstić information content (AvgIpc) is 2.85. The highest BCUT2D eigenvalue weighted by Crippen LogP contribution is 2.24. The van der Waals surface area contributed by atoms with Crippen molar-refractivity contribution < 1.29 is 4.52 Å². The Morgan fingerprint density at radius 3 is 2.76 bits per heavy atom. The summed E-state index contributed by atoms with van der Waals surface area (Å²) in [6.45, 7) is 5.78. The van der Waals surface area contributed by atoms with Gasteiger partial charge in [0.25, 0.3) is 5.89 Å². The summed E-state index contributed by atoms with van der Waals surface area (Å²) in [6, 6.07) is 0. The van der Waals surface area contributed by atoms with Crippen LogP contribution in [0.1, 0.15) is 31.8 Å². The van der Waals surface area contributed by atoms with E-state index in [-0.39, 0.29) is 0 Å². The number of hydrogen-bond acceptors (Lipinski definition) is 5. The highest BCUT2D eigenvalue weighted by Gasteiger charge is 2.26. The van der Waals surface area contributed by atoms with Crippen LogP contribution >= 0.6 is 0 Å². The maximum absolute atomic E-state index is 6.07. The molecule has 0 fully saturated rings. The SMILES string of the molecule is CCC(C)(N)c1noc(-c2cn(C)nc2C)n1. The van der Waals surface area contributed by atoms with Crippen molar-refractivity contribution >= 4 is 0 Å². The highest BCUT2D eigenvalue weighted by molar-refractivity contribution is 5.54. The Bertz CT molecular complexity index is 526. The van der Waals surface area contributed by atoms with Gasteiger partial charge in [-0.2, -0.15) is 10.1 Å². The summed E-state index contributed by atoms with van der Waals surface area (Å²) >= 11 is 0. The molecule has 2 aromatic rings. The molecule has 0 aromatic carbocycles. The van der Waals surface area contributed by atoms with Crippen LogP contribution in [0.15, 0.2) is 10.7 Å². The molecule has 0 spiro atoms. The topological polar surface area (TPSA) is 82.8 Å². The van der Waals surface area contributed by atoms with Crippen molar-refractivity contribution in [3.05, 3.63) is 17.7 Å². The van der Waals surface area contributed by atoms with Crippen LogP contribution in [0.4, 0.5) is 0 Å². The zero-order valence-corrected chi connectivity index (χ0v) is 10.6. The normalized spacial score (nSPS) is 14.9. The molecular formula is C11H17N5O. The highest BCUT2D eigenvalue weighted by atomic mass is 16.5. The monoisotopic (exact) mass is 235 g/mol. The molecule has 6 nitrogen and oxygen atoms in total.